The summed E-state index contributed by atoms with van der Waals surface area (Å²) in [6.45, 7) is 4.36. The number of hydrogen-bond donors (Lipinski definition) is 0. The van der Waals surface area contributed by atoms with E-state index >= 15 is 0 Å². The van der Waals surface area contributed by atoms with Crippen LogP contribution in [-0.4, -0.2) is 29.1 Å². The smallest absolute Gasteiger partial charge is 0.143 e. The Morgan fingerprint density at radius 1 is 1.30 bits per heavy atom. The van der Waals surface area contributed by atoms with Gasteiger partial charge in [0.25, 0.3) is 0 Å². The van der Waals surface area contributed by atoms with Crippen molar-refractivity contribution in [1.29, 1.82) is 0 Å². The third-order valence-electron chi connectivity index (χ3n) is 1.91. The van der Waals surface area contributed by atoms with E-state index in [1.807, 2.05) is 0 Å². The summed E-state index contributed by atoms with van der Waals surface area (Å²) in [5, 5.41) is 0. The first-order valence-electron chi connectivity index (χ1n) is 3.85. The maximum Gasteiger partial charge on any atom is 0.143 e. The molecule has 0 aromatic carbocycles. The van der Waals surface area contributed by atoms with Gasteiger partial charge >= 0.3 is 0 Å². The van der Waals surface area contributed by atoms with Gasteiger partial charge in [-0.1, -0.05) is 19.9 Å². The van der Waals surface area contributed by atoms with Crippen molar-refractivity contribution in [2.45, 2.75) is 31.7 Å². The SMILES string of the molecule is CCCC(OC)(OC)[SiH2]C. The van der Waals surface area contributed by atoms with E-state index in [4.69, 9.17) is 9.47 Å². The predicted octanol–water partition coefficient (Wildman–Crippen LogP) is 0.950. The minimum absolute atomic E-state index is 0.186. The zero-order valence-corrected chi connectivity index (χ0v) is 8.85. The summed E-state index contributed by atoms with van der Waals surface area (Å²) in [7, 11) is 3.23. The highest BCUT2D eigenvalue weighted by molar-refractivity contribution is 6.37. The zero-order valence-electron chi connectivity index (χ0n) is 7.44. The Kier molecular flexibility index (Phi) is 4.94. The van der Waals surface area contributed by atoms with Gasteiger partial charge in [0, 0.05) is 14.2 Å². The lowest BCUT2D eigenvalue weighted by atomic mass is 10.3. The van der Waals surface area contributed by atoms with Crippen LogP contribution in [0.2, 0.25) is 6.55 Å². The monoisotopic (exact) mass is 162 g/mol. The minimum Gasteiger partial charge on any atom is -0.358 e. The normalized spacial score (nSPS) is 13.2. The van der Waals surface area contributed by atoms with Crippen molar-refractivity contribution in [2.75, 3.05) is 14.2 Å². The van der Waals surface area contributed by atoms with Gasteiger partial charge in [0.15, 0.2) is 0 Å². The van der Waals surface area contributed by atoms with Crippen molar-refractivity contribution in [3.8, 4) is 0 Å². The van der Waals surface area contributed by atoms with Gasteiger partial charge in [-0.3, -0.25) is 0 Å². The van der Waals surface area contributed by atoms with Gasteiger partial charge in [0.1, 0.15) is 5.41 Å². The van der Waals surface area contributed by atoms with Crippen LogP contribution in [-0.2, 0) is 9.47 Å². The fraction of sp³-hybridized carbons (Fsp3) is 1.00. The summed E-state index contributed by atoms with van der Waals surface area (Å²) >= 11 is 0. The predicted molar refractivity (Wildman–Crippen MR) is 46.1 cm³/mol. The second-order valence-corrected chi connectivity index (χ2v) is 4.21. The summed E-state index contributed by atoms with van der Waals surface area (Å²) < 4.78 is 10.6. The third-order valence-corrected chi connectivity index (χ3v) is 3.92. The standard InChI is InChI=1S/C7H18O2Si/c1-5-6-7(8-2,9-3)10-4/h5-6,10H2,1-4H3. The molecule has 0 unspecified atom stereocenters. The maximum absolute atomic E-state index is 5.32. The van der Waals surface area contributed by atoms with Crippen LogP contribution in [0.1, 0.15) is 19.8 Å². The molecule has 0 N–H and O–H groups in total. The zero-order chi connectivity index (χ0) is 8.04. The molecule has 0 saturated carbocycles. The molecule has 0 aliphatic heterocycles. The summed E-state index contributed by atoms with van der Waals surface area (Å²) in [6.07, 6.45) is 2.16. The van der Waals surface area contributed by atoms with E-state index in [0.29, 0.717) is 0 Å². The molecule has 0 spiro atoms. The van der Waals surface area contributed by atoms with Crippen molar-refractivity contribution < 1.29 is 9.47 Å². The summed E-state index contributed by atoms with van der Waals surface area (Å²) in [6, 6.07) is 0. The van der Waals surface area contributed by atoms with Gasteiger partial charge in [-0.15, -0.1) is 0 Å². The van der Waals surface area contributed by atoms with E-state index in [2.05, 4.69) is 13.5 Å². The molecule has 0 amide bonds. The molecule has 0 aromatic heterocycles. The molecule has 3 heteroatoms. The van der Waals surface area contributed by atoms with Crippen LogP contribution in [0.3, 0.4) is 0 Å². The first kappa shape index (κ1) is 10.1. The Balaban J connectivity index is 3.87. The van der Waals surface area contributed by atoms with Crippen molar-refractivity contribution in [3.63, 3.8) is 0 Å². The molecule has 0 atom stereocenters. The molecule has 0 rings (SSSR count). The fourth-order valence-electron chi connectivity index (χ4n) is 1.13. The van der Waals surface area contributed by atoms with Crippen LogP contribution in [0.25, 0.3) is 0 Å². The number of rotatable bonds is 5. The summed E-state index contributed by atoms with van der Waals surface area (Å²) in [4.78, 5) is 0. The van der Waals surface area contributed by atoms with Crippen molar-refractivity contribution in [3.05, 3.63) is 0 Å². The van der Waals surface area contributed by atoms with E-state index in [1.54, 1.807) is 14.2 Å². The second kappa shape index (κ2) is 4.88. The molecule has 2 nitrogen and oxygen atoms in total. The molecule has 0 aromatic rings. The van der Waals surface area contributed by atoms with Crippen LogP contribution in [0.5, 0.6) is 0 Å². The van der Waals surface area contributed by atoms with Crippen LogP contribution in [0.4, 0.5) is 0 Å². The third kappa shape index (κ3) is 2.40. The Morgan fingerprint density at radius 3 is 1.90 bits per heavy atom. The molecule has 0 radical (unpaired) electrons. The van der Waals surface area contributed by atoms with Crippen LogP contribution in [0.15, 0.2) is 0 Å². The van der Waals surface area contributed by atoms with Gasteiger partial charge in [-0.05, 0) is 6.42 Å². The topological polar surface area (TPSA) is 18.5 Å². The average molecular weight is 162 g/mol. The Bertz CT molecular complexity index is 73.4. The average Bonchev–Trinajstić information content (AvgIpc) is 2.01. The second-order valence-electron chi connectivity index (χ2n) is 2.42. The number of ether oxygens (including phenoxy) is 2. The van der Waals surface area contributed by atoms with Gasteiger partial charge in [-0.2, -0.15) is 0 Å². The first-order valence-corrected chi connectivity index (χ1v) is 5.97. The Labute approximate surface area is 65.7 Å². The minimum atomic E-state index is -0.234. The molecule has 62 valence electrons. The lowest BCUT2D eigenvalue weighted by Crippen LogP contribution is -2.38. The molecular weight excluding hydrogens is 144 g/mol. The number of methoxy groups -OCH3 is 2. The van der Waals surface area contributed by atoms with Gasteiger partial charge in [-0.25, -0.2) is 0 Å². The van der Waals surface area contributed by atoms with Gasteiger partial charge in [0.05, 0.1) is 9.52 Å². The molecule has 0 aliphatic rings. The molecule has 0 bridgehead atoms. The highest BCUT2D eigenvalue weighted by atomic mass is 28.2. The largest absolute Gasteiger partial charge is 0.358 e. The highest BCUT2D eigenvalue weighted by Gasteiger charge is 2.25. The molecule has 0 aliphatic carbocycles. The Hall–Kier alpha value is 0.137. The van der Waals surface area contributed by atoms with E-state index in [1.165, 1.54) is 0 Å². The lowest BCUT2D eigenvalue weighted by Gasteiger charge is -2.29. The molecule has 10 heavy (non-hydrogen) atoms. The highest BCUT2D eigenvalue weighted by Crippen LogP contribution is 2.16. The van der Waals surface area contributed by atoms with E-state index in [0.717, 1.165) is 12.8 Å². The van der Waals surface area contributed by atoms with E-state index in [9.17, 15) is 0 Å². The van der Waals surface area contributed by atoms with Gasteiger partial charge in [0.2, 0.25) is 0 Å². The van der Waals surface area contributed by atoms with Crippen LogP contribution in [0, 0.1) is 0 Å². The molecule has 0 fully saturated rings. The van der Waals surface area contributed by atoms with E-state index < -0.39 is 0 Å². The van der Waals surface area contributed by atoms with Crippen molar-refractivity contribution >= 4 is 9.52 Å². The summed E-state index contributed by atoms with van der Waals surface area (Å²) in [5.41, 5.74) is -0.186. The van der Waals surface area contributed by atoms with E-state index in [-0.39, 0.29) is 14.9 Å². The quantitative estimate of drug-likeness (QED) is 0.443. The fourth-order valence-corrected chi connectivity index (χ4v) is 2.42. The molecular formula is C7H18O2Si. The summed E-state index contributed by atoms with van der Waals surface area (Å²) in [5.74, 6) is 0. The Morgan fingerprint density at radius 2 is 1.80 bits per heavy atom. The van der Waals surface area contributed by atoms with Crippen molar-refractivity contribution in [1.82, 2.24) is 0 Å². The van der Waals surface area contributed by atoms with Crippen molar-refractivity contribution in [2.24, 2.45) is 0 Å². The number of hydrogen-bond acceptors (Lipinski definition) is 2. The van der Waals surface area contributed by atoms with Gasteiger partial charge < -0.3 is 9.47 Å². The van der Waals surface area contributed by atoms with Crippen LogP contribution >= 0.6 is 0 Å². The van der Waals surface area contributed by atoms with Crippen LogP contribution < -0.4 is 0 Å². The lowest BCUT2D eigenvalue weighted by molar-refractivity contribution is -0.148. The first-order chi connectivity index (χ1) is 4.74. The molecule has 0 heterocycles. The molecule has 0 saturated heterocycles. The maximum atomic E-state index is 5.32.